The zero-order valence-corrected chi connectivity index (χ0v) is 7.97. The maximum Gasteiger partial charge on any atom is 0.177 e. The lowest BCUT2D eigenvalue weighted by molar-refractivity contribution is 0.860. The fourth-order valence-electron chi connectivity index (χ4n) is 1.31. The first kappa shape index (κ1) is 8.51. The van der Waals surface area contributed by atoms with E-state index in [0.29, 0.717) is 11.5 Å². The Balaban J connectivity index is 2.58. The average molecular weight is 187 g/mol. The Morgan fingerprint density at radius 2 is 2.07 bits per heavy atom. The first-order chi connectivity index (χ1) is 6.72. The van der Waals surface area contributed by atoms with E-state index in [-0.39, 0.29) is 0 Å². The number of aromatic nitrogens is 4. The van der Waals surface area contributed by atoms with Gasteiger partial charge in [0.15, 0.2) is 17.3 Å². The largest absolute Gasteiger partial charge is 0.331 e. The van der Waals surface area contributed by atoms with Crippen LogP contribution in [0.15, 0.2) is 18.6 Å². The molecule has 5 nitrogen and oxygen atoms in total. The van der Waals surface area contributed by atoms with Crippen LogP contribution in [-0.2, 0) is 14.1 Å². The van der Waals surface area contributed by atoms with Crippen LogP contribution in [0.25, 0.3) is 11.6 Å². The summed E-state index contributed by atoms with van der Waals surface area (Å²) < 4.78 is 3.66. The molecule has 2 rings (SSSR count). The molecule has 0 aliphatic carbocycles. The molecule has 0 aliphatic rings. The summed E-state index contributed by atoms with van der Waals surface area (Å²) >= 11 is 0. The third-order valence-corrected chi connectivity index (χ3v) is 2.01. The van der Waals surface area contributed by atoms with Crippen LogP contribution in [0.5, 0.6) is 0 Å². The highest BCUT2D eigenvalue weighted by Crippen LogP contribution is 2.14. The van der Waals surface area contributed by atoms with E-state index < -0.39 is 0 Å². The first-order valence-electron chi connectivity index (χ1n) is 4.13. The molecule has 0 amide bonds. The molecule has 2 aromatic rings. The normalized spacial score (nSPS) is 10.1. The van der Waals surface area contributed by atoms with Crippen LogP contribution in [0.4, 0.5) is 0 Å². The van der Waals surface area contributed by atoms with Crippen molar-refractivity contribution < 1.29 is 0 Å². The summed E-state index contributed by atoms with van der Waals surface area (Å²) in [4.78, 5) is 8.31. The second-order valence-corrected chi connectivity index (χ2v) is 3.03. The molecule has 0 spiro atoms. The number of hydrogen-bond acceptors (Lipinski definition) is 3. The minimum atomic E-state index is 0.408. The highest BCUT2D eigenvalue weighted by atomic mass is 15.1. The maximum absolute atomic E-state index is 8.69. The number of imidazole rings is 2. The van der Waals surface area contributed by atoms with Gasteiger partial charge in [0, 0.05) is 32.7 Å². The van der Waals surface area contributed by atoms with Gasteiger partial charge in [-0.15, -0.1) is 0 Å². The third-order valence-electron chi connectivity index (χ3n) is 2.01. The van der Waals surface area contributed by atoms with Crippen LogP contribution >= 0.6 is 0 Å². The number of hydrogen-bond donors (Lipinski definition) is 0. The monoisotopic (exact) mass is 187 g/mol. The molecule has 0 unspecified atom stereocenters. The van der Waals surface area contributed by atoms with Gasteiger partial charge in [-0.3, -0.25) is 0 Å². The van der Waals surface area contributed by atoms with E-state index in [2.05, 4.69) is 9.97 Å². The van der Waals surface area contributed by atoms with Crippen molar-refractivity contribution in [1.82, 2.24) is 19.1 Å². The van der Waals surface area contributed by atoms with Gasteiger partial charge in [-0.05, 0) is 0 Å². The summed E-state index contributed by atoms with van der Waals surface area (Å²) in [7, 11) is 3.74. The van der Waals surface area contributed by atoms with Crippen molar-refractivity contribution in [3.05, 3.63) is 24.3 Å². The SMILES string of the molecule is Cn1ccnc1-c1nc(C#N)cn1C. The molecule has 0 aliphatic heterocycles. The Morgan fingerprint density at radius 1 is 1.29 bits per heavy atom. The summed E-state index contributed by atoms with van der Waals surface area (Å²) in [5.41, 5.74) is 0.408. The van der Waals surface area contributed by atoms with Crippen molar-refractivity contribution in [1.29, 1.82) is 5.26 Å². The van der Waals surface area contributed by atoms with Crippen molar-refractivity contribution in [2.24, 2.45) is 14.1 Å². The van der Waals surface area contributed by atoms with E-state index >= 15 is 0 Å². The fourth-order valence-corrected chi connectivity index (χ4v) is 1.31. The van der Waals surface area contributed by atoms with E-state index in [9.17, 15) is 0 Å². The van der Waals surface area contributed by atoms with Gasteiger partial charge >= 0.3 is 0 Å². The van der Waals surface area contributed by atoms with Crippen LogP contribution in [0.3, 0.4) is 0 Å². The zero-order valence-electron chi connectivity index (χ0n) is 7.97. The van der Waals surface area contributed by atoms with Gasteiger partial charge in [0.2, 0.25) is 0 Å². The van der Waals surface area contributed by atoms with Crippen LogP contribution < -0.4 is 0 Å². The number of aryl methyl sites for hydroxylation is 2. The van der Waals surface area contributed by atoms with Crippen molar-refractivity contribution >= 4 is 0 Å². The molecular formula is C9H9N5. The van der Waals surface area contributed by atoms with Gasteiger partial charge in [-0.1, -0.05) is 0 Å². The molecule has 70 valence electrons. The second-order valence-electron chi connectivity index (χ2n) is 3.03. The van der Waals surface area contributed by atoms with E-state index in [4.69, 9.17) is 5.26 Å². The lowest BCUT2D eigenvalue weighted by Gasteiger charge is -2.00. The predicted molar refractivity (Wildman–Crippen MR) is 50.1 cm³/mol. The van der Waals surface area contributed by atoms with Crippen LogP contribution in [0.1, 0.15) is 5.69 Å². The molecular weight excluding hydrogens is 178 g/mol. The van der Waals surface area contributed by atoms with Crippen LogP contribution in [0.2, 0.25) is 0 Å². The van der Waals surface area contributed by atoms with Crippen LogP contribution in [0, 0.1) is 11.3 Å². The molecule has 0 fully saturated rings. The van der Waals surface area contributed by atoms with E-state index in [1.165, 1.54) is 0 Å². The van der Waals surface area contributed by atoms with Crippen molar-refractivity contribution in [2.75, 3.05) is 0 Å². The first-order valence-corrected chi connectivity index (χ1v) is 4.13. The molecule has 0 N–H and O–H groups in total. The average Bonchev–Trinajstić information content (AvgIpc) is 2.72. The lowest BCUT2D eigenvalue weighted by Crippen LogP contribution is -1.98. The molecule has 0 bridgehead atoms. The van der Waals surface area contributed by atoms with Crippen molar-refractivity contribution in [2.45, 2.75) is 0 Å². The van der Waals surface area contributed by atoms with Gasteiger partial charge in [0.1, 0.15) is 6.07 Å². The molecule has 0 saturated carbocycles. The summed E-state index contributed by atoms with van der Waals surface area (Å²) in [6, 6.07) is 2.00. The Hall–Kier alpha value is -2.09. The number of nitriles is 1. The van der Waals surface area contributed by atoms with Gasteiger partial charge in [0.05, 0.1) is 0 Å². The van der Waals surface area contributed by atoms with Gasteiger partial charge < -0.3 is 9.13 Å². The van der Waals surface area contributed by atoms with Gasteiger partial charge in [0.25, 0.3) is 0 Å². The topological polar surface area (TPSA) is 59.4 Å². The van der Waals surface area contributed by atoms with E-state index in [0.717, 1.165) is 5.82 Å². The van der Waals surface area contributed by atoms with E-state index in [1.54, 1.807) is 17.0 Å². The number of nitrogens with zero attached hydrogens (tertiary/aromatic N) is 5. The quantitative estimate of drug-likeness (QED) is 0.660. The fraction of sp³-hybridized carbons (Fsp3) is 0.222. The lowest BCUT2D eigenvalue weighted by atomic mass is 10.5. The second kappa shape index (κ2) is 3.00. The van der Waals surface area contributed by atoms with Crippen molar-refractivity contribution in [3.8, 4) is 17.7 Å². The molecule has 0 radical (unpaired) electrons. The maximum atomic E-state index is 8.69. The molecule has 2 aromatic heterocycles. The highest BCUT2D eigenvalue weighted by molar-refractivity contribution is 5.46. The standard InChI is InChI=1S/C9H9N5/c1-13-4-3-11-8(13)9-12-7(5-10)6-14(9)2/h3-4,6H,1-2H3. The summed E-state index contributed by atoms with van der Waals surface area (Å²) in [5.74, 6) is 1.46. The minimum Gasteiger partial charge on any atom is -0.331 e. The molecule has 0 atom stereocenters. The Morgan fingerprint density at radius 3 is 2.57 bits per heavy atom. The Bertz CT molecular complexity index is 499. The predicted octanol–water partition coefficient (Wildman–Crippen LogP) is 0.692. The smallest absolute Gasteiger partial charge is 0.177 e. The summed E-state index contributed by atoms with van der Waals surface area (Å²) in [6.45, 7) is 0. The molecule has 0 saturated heterocycles. The Labute approximate surface area is 81.3 Å². The summed E-state index contributed by atoms with van der Waals surface area (Å²) in [5, 5.41) is 8.69. The van der Waals surface area contributed by atoms with E-state index in [1.807, 2.05) is 30.9 Å². The van der Waals surface area contributed by atoms with Gasteiger partial charge in [-0.25, -0.2) is 9.97 Å². The summed E-state index contributed by atoms with van der Waals surface area (Å²) in [6.07, 6.45) is 5.23. The highest BCUT2D eigenvalue weighted by Gasteiger charge is 2.10. The Kier molecular flexibility index (Phi) is 1.82. The van der Waals surface area contributed by atoms with Gasteiger partial charge in [-0.2, -0.15) is 5.26 Å². The van der Waals surface area contributed by atoms with Crippen molar-refractivity contribution in [3.63, 3.8) is 0 Å². The molecule has 5 heteroatoms. The minimum absolute atomic E-state index is 0.408. The van der Waals surface area contributed by atoms with Crippen LogP contribution in [-0.4, -0.2) is 19.1 Å². The molecule has 14 heavy (non-hydrogen) atoms. The molecule has 2 heterocycles. The zero-order chi connectivity index (χ0) is 10.1. The number of rotatable bonds is 1. The third kappa shape index (κ3) is 1.17. The molecule has 0 aromatic carbocycles.